The first-order valence-corrected chi connectivity index (χ1v) is 5.33. The van der Waals surface area contributed by atoms with Crippen LogP contribution in [0.5, 0.6) is 0 Å². The van der Waals surface area contributed by atoms with Crippen molar-refractivity contribution < 1.29 is 23.5 Å². The number of amides is 1. The maximum atomic E-state index is 12.9. The van der Waals surface area contributed by atoms with Gasteiger partial charge in [-0.15, -0.1) is 0 Å². The molecule has 0 aliphatic carbocycles. The fraction of sp³-hybridized carbons (Fsp3) is 0.636. The Bertz CT molecular complexity index is 360. The van der Waals surface area contributed by atoms with Gasteiger partial charge in [0.2, 0.25) is 5.91 Å². The summed E-state index contributed by atoms with van der Waals surface area (Å²) in [5, 5.41) is 8.86. The van der Waals surface area contributed by atoms with E-state index in [0.29, 0.717) is 26.3 Å². The quantitative estimate of drug-likeness (QED) is 0.772. The van der Waals surface area contributed by atoms with Crippen LogP contribution in [0, 0.1) is 0 Å². The lowest BCUT2D eigenvalue weighted by Crippen LogP contribution is -2.39. The Hall–Kier alpha value is -1.46. The van der Waals surface area contributed by atoms with Crippen LogP contribution in [0.2, 0.25) is 0 Å². The molecule has 1 atom stereocenters. The zero-order chi connectivity index (χ0) is 13.2. The Morgan fingerprint density at radius 1 is 1.47 bits per heavy atom. The minimum atomic E-state index is -3.06. The van der Waals surface area contributed by atoms with Crippen molar-refractivity contribution in [1.29, 1.82) is 0 Å². The number of allylic oxidation sites excluding steroid dienone is 1. The van der Waals surface area contributed by atoms with E-state index in [1.807, 2.05) is 0 Å². The van der Waals surface area contributed by atoms with Crippen LogP contribution in [-0.4, -0.2) is 40.4 Å². The van der Waals surface area contributed by atoms with Gasteiger partial charge in [0.25, 0.3) is 5.92 Å². The summed E-state index contributed by atoms with van der Waals surface area (Å²) in [6, 6.07) is -0.892. The van der Waals surface area contributed by atoms with Crippen molar-refractivity contribution in [2.45, 2.75) is 38.7 Å². The average molecular weight is 247 g/mol. The van der Waals surface area contributed by atoms with Gasteiger partial charge in [0.1, 0.15) is 6.04 Å². The summed E-state index contributed by atoms with van der Waals surface area (Å²) in [6.45, 7) is 2.16. The van der Waals surface area contributed by atoms with Gasteiger partial charge in [-0.1, -0.05) is 0 Å². The lowest BCUT2D eigenvalue weighted by atomic mass is 10.1. The molecule has 4 nitrogen and oxygen atoms in total. The summed E-state index contributed by atoms with van der Waals surface area (Å²) in [6.07, 6.45) is 1.77. The molecule has 0 aromatic heterocycles. The molecule has 0 spiro atoms. The van der Waals surface area contributed by atoms with Gasteiger partial charge in [0.05, 0.1) is 0 Å². The number of nitrogens with zero attached hydrogens (tertiary/aromatic N) is 1. The van der Waals surface area contributed by atoms with E-state index in [4.69, 9.17) is 5.11 Å². The molecule has 1 unspecified atom stereocenters. The number of carbonyl (C=O) groups excluding carboxylic acids is 1. The lowest BCUT2D eigenvalue weighted by molar-refractivity contribution is -0.146. The van der Waals surface area contributed by atoms with E-state index in [1.54, 1.807) is 0 Å². The van der Waals surface area contributed by atoms with Crippen LogP contribution in [0.1, 0.15) is 26.7 Å². The molecular formula is C11H15F2NO3. The largest absolute Gasteiger partial charge is 0.480 e. The molecule has 96 valence electrons. The second-order valence-corrected chi connectivity index (χ2v) is 4.24. The number of likely N-dealkylation sites (tertiary alicyclic amines) is 1. The molecule has 1 amide bonds. The standard InChI is InChI=1S/C11H15F2NO3/c1-7(11(2,12)13)6-9(15)14-5-3-4-8(14)10(16)17/h6,8H,3-5H2,1-2H3,(H,16,17)/b7-6+. The summed E-state index contributed by atoms with van der Waals surface area (Å²) in [7, 11) is 0. The molecular weight excluding hydrogens is 232 g/mol. The molecule has 1 heterocycles. The van der Waals surface area contributed by atoms with Gasteiger partial charge in [-0.3, -0.25) is 4.79 Å². The molecule has 6 heteroatoms. The number of carboxylic acids is 1. The van der Waals surface area contributed by atoms with E-state index in [1.165, 1.54) is 0 Å². The van der Waals surface area contributed by atoms with Crippen molar-refractivity contribution >= 4 is 11.9 Å². The number of carboxylic acid groups (broad SMARTS) is 1. The van der Waals surface area contributed by atoms with Gasteiger partial charge in [0, 0.05) is 25.1 Å². The Balaban J connectivity index is 2.81. The molecule has 17 heavy (non-hydrogen) atoms. The summed E-state index contributed by atoms with van der Waals surface area (Å²) in [5.41, 5.74) is -0.362. The number of alkyl halides is 2. The van der Waals surface area contributed by atoms with Crippen LogP contribution >= 0.6 is 0 Å². The van der Waals surface area contributed by atoms with Crippen LogP contribution in [0.15, 0.2) is 11.6 Å². The van der Waals surface area contributed by atoms with E-state index >= 15 is 0 Å². The second kappa shape index (κ2) is 4.81. The normalized spacial score (nSPS) is 21.8. The number of halogens is 2. The van der Waals surface area contributed by atoms with Crippen molar-refractivity contribution in [3.63, 3.8) is 0 Å². The first-order chi connectivity index (χ1) is 7.73. The molecule has 0 bridgehead atoms. The molecule has 1 aliphatic rings. The molecule has 1 fully saturated rings. The zero-order valence-corrected chi connectivity index (χ0v) is 9.74. The first-order valence-electron chi connectivity index (χ1n) is 5.33. The molecule has 0 radical (unpaired) electrons. The van der Waals surface area contributed by atoms with Gasteiger partial charge < -0.3 is 10.0 Å². The van der Waals surface area contributed by atoms with Crippen molar-refractivity contribution in [1.82, 2.24) is 4.90 Å². The lowest BCUT2D eigenvalue weighted by Gasteiger charge is -2.20. The molecule has 1 rings (SSSR count). The topological polar surface area (TPSA) is 57.6 Å². The number of hydrogen-bond donors (Lipinski definition) is 1. The summed E-state index contributed by atoms with van der Waals surface area (Å²) >= 11 is 0. The predicted molar refractivity (Wildman–Crippen MR) is 56.7 cm³/mol. The monoisotopic (exact) mass is 247 g/mol. The van der Waals surface area contributed by atoms with E-state index in [0.717, 1.165) is 17.9 Å². The Morgan fingerprint density at radius 2 is 2.06 bits per heavy atom. The van der Waals surface area contributed by atoms with E-state index in [2.05, 4.69) is 0 Å². The zero-order valence-electron chi connectivity index (χ0n) is 9.74. The summed E-state index contributed by atoms with van der Waals surface area (Å²) in [4.78, 5) is 23.6. The highest BCUT2D eigenvalue weighted by molar-refractivity contribution is 5.92. The van der Waals surface area contributed by atoms with Gasteiger partial charge in [-0.25, -0.2) is 13.6 Å². The molecule has 0 aromatic rings. The molecule has 0 saturated carbocycles. The number of rotatable bonds is 3. The second-order valence-electron chi connectivity index (χ2n) is 4.24. The van der Waals surface area contributed by atoms with Gasteiger partial charge in [-0.05, 0) is 19.8 Å². The van der Waals surface area contributed by atoms with Crippen molar-refractivity contribution in [2.24, 2.45) is 0 Å². The molecule has 1 N–H and O–H groups in total. The fourth-order valence-electron chi connectivity index (χ4n) is 1.68. The minimum absolute atomic E-state index is 0.300. The van der Waals surface area contributed by atoms with Gasteiger partial charge >= 0.3 is 5.97 Å². The number of carbonyl (C=O) groups is 2. The van der Waals surface area contributed by atoms with Crippen molar-refractivity contribution in [3.05, 3.63) is 11.6 Å². The molecule has 1 saturated heterocycles. The van der Waals surface area contributed by atoms with Crippen LogP contribution in [-0.2, 0) is 9.59 Å². The minimum Gasteiger partial charge on any atom is -0.480 e. The smallest absolute Gasteiger partial charge is 0.326 e. The van der Waals surface area contributed by atoms with Crippen LogP contribution in [0.3, 0.4) is 0 Å². The maximum absolute atomic E-state index is 12.9. The van der Waals surface area contributed by atoms with Gasteiger partial charge in [-0.2, -0.15) is 0 Å². The molecule has 0 aromatic carbocycles. The average Bonchev–Trinajstić information content (AvgIpc) is 2.63. The van der Waals surface area contributed by atoms with E-state index in [9.17, 15) is 18.4 Å². The number of aliphatic carboxylic acids is 1. The Labute approximate surface area is 97.9 Å². The van der Waals surface area contributed by atoms with Crippen LogP contribution < -0.4 is 0 Å². The maximum Gasteiger partial charge on any atom is 0.326 e. The SMILES string of the molecule is C/C(=C\C(=O)N1CCCC1C(=O)O)C(C)(F)F. The van der Waals surface area contributed by atoms with E-state index in [-0.39, 0.29) is 5.57 Å². The van der Waals surface area contributed by atoms with E-state index < -0.39 is 23.8 Å². The third kappa shape index (κ3) is 3.25. The van der Waals surface area contributed by atoms with Gasteiger partial charge in [0.15, 0.2) is 0 Å². The first kappa shape index (κ1) is 13.6. The fourth-order valence-corrected chi connectivity index (χ4v) is 1.68. The van der Waals surface area contributed by atoms with Crippen LogP contribution in [0.4, 0.5) is 8.78 Å². The predicted octanol–water partition coefficient (Wildman–Crippen LogP) is 1.66. The highest BCUT2D eigenvalue weighted by atomic mass is 19.3. The summed E-state index contributed by atoms with van der Waals surface area (Å²) < 4.78 is 25.7. The Morgan fingerprint density at radius 3 is 2.53 bits per heavy atom. The highest BCUT2D eigenvalue weighted by Gasteiger charge is 2.34. The third-order valence-electron chi connectivity index (χ3n) is 2.85. The number of hydrogen-bond acceptors (Lipinski definition) is 2. The van der Waals surface area contributed by atoms with Crippen LogP contribution in [0.25, 0.3) is 0 Å². The Kier molecular flexibility index (Phi) is 3.85. The third-order valence-corrected chi connectivity index (χ3v) is 2.85. The molecule has 1 aliphatic heterocycles. The van der Waals surface area contributed by atoms with Crippen molar-refractivity contribution in [3.8, 4) is 0 Å². The van der Waals surface area contributed by atoms with Crippen molar-refractivity contribution in [2.75, 3.05) is 6.54 Å². The highest BCUT2D eigenvalue weighted by Crippen LogP contribution is 2.24. The summed E-state index contributed by atoms with van der Waals surface area (Å²) in [5.74, 6) is -4.81.